The number of halogens is 1. The Labute approximate surface area is 112 Å². The van der Waals surface area contributed by atoms with Crippen molar-refractivity contribution in [2.24, 2.45) is 0 Å². The van der Waals surface area contributed by atoms with Gasteiger partial charge in [0, 0.05) is 38.3 Å². The van der Waals surface area contributed by atoms with E-state index in [1.807, 2.05) is 6.07 Å². The number of nitrogens with zero attached hydrogens (tertiary/aromatic N) is 2. The fourth-order valence-electron chi connectivity index (χ4n) is 2.68. The molecular weight excluding hydrogens is 252 g/mol. The number of pyridine rings is 1. The second-order valence-electron chi connectivity index (χ2n) is 4.96. The lowest BCUT2D eigenvalue weighted by molar-refractivity contribution is -0.178. The number of aromatic nitrogens is 1. The molecule has 0 bridgehead atoms. The van der Waals surface area contributed by atoms with Gasteiger partial charge in [0.05, 0.1) is 23.4 Å². The highest BCUT2D eigenvalue weighted by molar-refractivity contribution is 6.33. The zero-order chi connectivity index (χ0) is 12.6. The van der Waals surface area contributed by atoms with E-state index in [0.29, 0.717) is 11.6 Å². The third-order valence-electron chi connectivity index (χ3n) is 3.61. The highest BCUT2D eigenvalue weighted by atomic mass is 35.5. The topological polar surface area (TPSA) is 34.6 Å². The smallest absolute Gasteiger partial charge is 0.172 e. The first-order chi connectivity index (χ1) is 8.69. The first-order valence-electron chi connectivity index (χ1n) is 6.35. The molecule has 98 valence electrons. The zero-order valence-electron chi connectivity index (χ0n) is 10.4. The molecule has 0 unspecified atom stereocenters. The van der Waals surface area contributed by atoms with Crippen molar-refractivity contribution >= 4 is 17.3 Å². The lowest BCUT2D eigenvalue weighted by atomic mass is 10.0. The molecule has 0 aliphatic carbocycles. The third-order valence-corrected chi connectivity index (χ3v) is 3.91. The van der Waals surface area contributed by atoms with E-state index in [1.54, 1.807) is 12.4 Å². The lowest BCUT2D eigenvalue weighted by Crippen LogP contribution is -2.45. The van der Waals surface area contributed by atoms with Crippen molar-refractivity contribution in [1.82, 2.24) is 4.98 Å². The summed E-state index contributed by atoms with van der Waals surface area (Å²) in [5.41, 5.74) is 1.05. The van der Waals surface area contributed by atoms with Gasteiger partial charge in [0.1, 0.15) is 0 Å². The highest BCUT2D eigenvalue weighted by Crippen LogP contribution is 2.36. The van der Waals surface area contributed by atoms with Gasteiger partial charge in [-0.15, -0.1) is 0 Å². The summed E-state index contributed by atoms with van der Waals surface area (Å²) in [5, 5.41) is 0.704. The number of ether oxygens (including phenoxy) is 2. The van der Waals surface area contributed by atoms with Crippen LogP contribution in [0.5, 0.6) is 0 Å². The van der Waals surface area contributed by atoms with Crippen LogP contribution in [0.4, 0.5) is 5.69 Å². The van der Waals surface area contributed by atoms with E-state index < -0.39 is 0 Å². The summed E-state index contributed by atoms with van der Waals surface area (Å²) in [5.74, 6) is -0.352. The summed E-state index contributed by atoms with van der Waals surface area (Å²) in [6.45, 7) is 4.56. The molecule has 5 heteroatoms. The largest absolute Gasteiger partial charge is 0.370 e. The molecule has 0 saturated carbocycles. The fraction of sp³-hybridized carbons (Fsp3) is 0.615. The average molecular weight is 269 g/mol. The predicted molar refractivity (Wildman–Crippen MR) is 69.9 cm³/mol. The van der Waals surface area contributed by atoms with Crippen LogP contribution < -0.4 is 4.90 Å². The van der Waals surface area contributed by atoms with Crippen molar-refractivity contribution in [2.75, 3.05) is 24.6 Å². The Hall–Kier alpha value is -0.840. The van der Waals surface area contributed by atoms with Crippen molar-refractivity contribution in [3.63, 3.8) is 0 Å². The molecule has 4 nitrogen and oxygen atoms in total. The van der Waals surface area contributed by atoms with Gasteiger partial charge in [-0.3, -0.25) is 4.98 Å². The standard InChI is InChI=1S/C13H17ClN2O2/c1-10-9-17-13(18-10)3-6-16(7-4-13)12-2-5-15-8-11(12)14/h2,5,8,10H,3-4,6-7,9H2,1H3/t10-/m1/s1. The van der Waals surface area contributed by atoms with Gasteiger partial charge < -0.3 is 14.4 Å². The van der Waals surface area contributed by atoms with Crippen LogP contribution in [0.3, 0.4) is 0 Å². The van der Waals surface area contributed by atoms with Gasteiger partial charge in [0.25, 0.3) is 0 Å². The number of anilines is 1. The molecule has 2 saturated heterocycles. The number of rotatable bonds is 1. The maximum absolute atomic E-state index is 6.17. The molecule has 3 rings (SSSR count). The van der Waals surface area contributed by atoms with Crippen LogP contribution in [0.1, 0.15) is 19.8 Å². The summed E-state index contributed by atoms with van der Waals surface area (Å²) in [6, 6.07) is 1.96. The van der Waals surface area contributed by atoms with Crippen molar-refractivity contribution in [3.8, 4) is 0 Å². The fourth-order valence-corrected chi connectivity index (χ4v) is 2.92. The van der Waals surface area contributed by atoms with Crippen LogP contribution >= 0.6 is 11.6 Å². The van der Waals surface area contributed by atoms with E-state index in [2.05, 4.69) is 16.8 Å². The summed E-state index contributed by atoms with van der Waals surface area (Å²) < 4.78 is 11.7. The third kappa shape index (κ3) is 2.20. The molecule has 1 aromatic heterocycles. The molecule has 0 N–H and O–H groups in total. The number of hydrogen-bond acceptors (Lipinski definition) is 4. The molecule has 2 fully saturated rings. The SMILES string of the molecule is C[C@@H]1COC2(CCN(c3ccncc3Cl)CC2)O1. The van der Waals surface area contributed by atoms with E-state index in [9.17, 15) is 0 Å². The summed E-state index contributed by atoms with van der Waals surface area (Å²) in [4.78, 5) is 6.28. The highest BCUT2D eigenvalue weighted by Gasteiger charge is 2.42. The minimum atomic E-state index is -0.352. The maximum Gasteiger partial charge on any atom is 0.172 e. The van der Waals surface area contributed by atoms with Gasteiger partial charge in [-0.1, -0.05) is 11.6 Å². The minimum absolute atomic E-state index is 0.209. The van der Waals surface area contributed by atoms with E-state index in [1.165, 1.54) is 0 Å². The Bertz CT molecular complexity index is 433. The van der Waals surface area contributed by atoms with E-state index in [-0.39, 0.29) is 11.9 Å². The molecule has 2 aliphatic rings. The van der Waals surface area contributed by atoms with Gasteiger partial charge in [-0.2, -0.15) is 0 Å². The predicted octanol–water partition coefficient (Wildman–Crippen LogP) is 2.47. The second-order valence-corrected chi connectivity index (χ2v) is 5.37. The molecule has 0 aromatic carbocycles. The van der Waals surface area contributed by atoms with Crippen LogP contribution in [-0.2, 0) is 9.47 Å². The van der Waals surface area contributed by atoms with E-state index >= 15 is 0 Å². The van der Waals surface area contributed by atoms with Crippen LogP contribution in [0, 0.1) is 0 Å². The molecule has 18 heavy (non-hydrogen) atoms. The van der Waals surface area contributed by atoms with Crippen molar-refractivity contribution in [3.05, 3.63) is 23.5 Å². The van der Waals surface area contributed by atoms with Crippen LogP contribution in [0.2, 0.25) is 5.02 Å². The molecule has 0 radical (unpaired) electrons. The molecule has 1 aromatic rings. The molecule has 0 amide bonds. The van der Waals surface area contributed by atoms with E-state index in [4.69, 9.17) is 21.1 Å². The van der Waals surface area contributed by atoms with Crippen LogP contribution in [0.15, 0.2) is 18.5 Å². The van der Waals surface area contributed by atoms with Gasteiger partial charge in [0.15, 0.2) is 5.79 Å². The lowest BCUT2D eigenvalue weighted by Gasteiger charge is -2.39. The molecule has 1 atom stereocenters. The van der Waals surface area contributed by atoms with Crippen molar-refractivity contribution in [1.29, 1.82) is 0 Å². The maximum atomic E-state index is 6.17. The van der Waals surface area contributed by atoms with Gasteiger partial charge >= 0.3 is 0 Å². The summed E-state index contributed by atoms with van der Waals surface area (Å²) >= 11 is 6.17. The zero-order valence-corrected chi connectivity index (χ0v) is 11.2. The normalized spacial score (nSPS) is 26.8. The molecule has 1 spiro atoms. The number of piperidine rings is 1. The Morgan fingerprint density at radius 1 is 1.44 bits per heavy atom. The van der Waals surface area contributed by atoms with Gasteiger partial charge in [-0.25, -0.2) is 0 Å². The molecule has 2 aliphatic heterocycles. The second kappa shape index (κ2) is 4.68. The van der Waals surface area contributed by atoms with Crippen LogP contribution in [0.25, 0.3) is 0 Å². The Balaban J connectivity index is 1.69. The monoisotopic (exact) mass is 268 g/mol. The first kappa shape index (κ1) is 12.2. The Kier molecular flexibility index (Phi) is 3.18. The van der Waals surface area contributed by atoms with Gasteiger partial charge in [-0.05, 0) is 13.0 Å². The number of hydrogen-bond donors (Lipinski definition) is 0. The van der Waals surface area contributed by atoms with Gasteiger partial charge in [0.2, 0.25) is 0 Å². The minimum Gasteiger partial charge on any atom is -0.370 e. The average Bonchev–Trinajstić information content (AvgIpc) is 2.73. The van der Waals surface area contributed by atoms with E-state index in [0.717, 1.165) is 31.6 Å². The first-order valence-corrected chi connectivity index (χ1v) is 6.73. The molecule has 3 heterocycles. The summed E-state index contributed by atoms with van der Waals surface area (Å²) in [6.07, 6.45) is 5.44. The Morgan fingerprint density at radius 2 is 2.22 bits per heavy atom. The van der Waals surface area contributed by atoms with Crippen molar-refractivity contribution in [2.45, 2.75) is 31.7 Å². The summed E-state index contributed by atoms with van der Waals surface area (Å²) in [7, 11) is 0. The Morgan fingerprint density at radius 3 is 2.83 bits per heavy atom. The molecular formula is C13H17ClN2O2. The van der Waals surface area contributed by atoms with Crippen LogP contribution in [-0.4, -0.2) is 36.6 Å². The van der Waals surface area contributed by atoms with Crippen molar-refractivity contribution < 1.29 is 9.47 Å². The quantitative estimate of drug-likeness (QED) is 0.784.